The number of rotatable bonds is 10. The van der Waals surface area contributed by atoms with Gasteiger partial charge < -0.3 is 9.84 Å². The first-order valence-corrected chi connectivity index (χ1v) is 12.8. The Balaban J connectivity index is 1.50. The third kappa shape index (κ3) is 6.59. The van der Waals surface area contributed by atoms with Crippen LogP contribution in [0.4, 0.5) is 10.7 Å². The van der Waals surface area contributed by atoms with Gasteiger partial charge in [0.15, 0.2) is 6.29 Å². The van der Waals surface area contributed by atoms with Crippen molar-refractivity contribution in [3.05, 3.63) is 18.5 Å². The normalized spacial score (nSPS) is 25.1. The summed E-state index contributed by atoms with van der Waals surface area (Å²) in [5.74, 6) is -2.79. The Labute approximate surface area is 214 Å². The van der Waals surface area contributed by atoms with Crippen LogP contribution in [-0.4, -0.2) is 80.8 Å². The third-order valence-corrected chi connectivity index (χ3v) is 7.18. The number of carbonyl (C=O) groups is 4. The lowest BCUT2D eigenvalue weighted by molar-refractivity contribution is -0.260. The van der Waals surface area contributed by atoms with Gasteiger partial charge in [0.1, 0.15) is 6.04 Å². The van der Waals surface area contributed by atoms with Gasteiger partial charge in [0.05, 0.1) is 12.5 Å². The summed E-state index contributed by atoms with van der Waals surface area (Å²) in [6, 6.07) is 0.561. The molecule has 0 bridgehead atoms. The van der Waals surface area contributed by atoms with Crippen LogP contribution < -0.4 is 10.8 Å². The first kappa shape index (κ1) is 26.9. The maximum Gasteiger partial charge on any atom is 0.426 e. The predicted octanol–water partition coefficient (Wildman–Crippen LogP) is 1.72. The summed E-state index contributed by atoms with van der Waals surface area (Å²) in [7, 11) is 0. The topological polar surface area (TPSA) is 163 Å². The van der Waals surface area contributed by atoms with Crippen molar-refractivity contribution in [2.24, 2.45) is 11.8 Å². The molecule has 13 nitrogen and oxygen atoms in total. The van der Waals surface area contributed by atoms with E-state index in [2.05, 4.69) is 20.8 Å². The van der Waals surface area contributed by atoms with Gasteiger partial charge in [-0.25, -0.2) is 24.8 Å². The fraction of sp³-hybridized carbons (Fsp3) is 0.667. The Morgan fingerprint density at radius 2 is 1.95 bits per heavy atom. The lowest BCUT2D eigenvalue weighted by atomic mass is 9.92. The number of ether oxygens (including phenoxy) is 1. The third-order valence-electron chi connectivity index (χ3n) is 7.18. The lowest BCUT2D eigenvalue weighted by Gasteiger charge is -2.35. The highest BCUT2D eigenvalue weighted by Crippen LogP contribution is 2.33. The molecule has 1 saturated carbocycles. The van der Waals surface area contributed by atoms with Crippen molar-refractivity contribution in [3.8, 4) is 0 Å². The molecule has 1 aromatic rings. The number of hydrogen-bond acceptors (Lipinski definition) is 9. The van der Waals surface area contributed by atoms with Crippen LogP contribution in [0.3, 0.4) is 0 Å². The van der Waals surface area contributed by atoms with E-state index in [9.17, 15) is 24.3 Å². The number of aromatic nitrogens is 2. The number of carboxylic acid groups (broad SMARTS) is 1. The fourth-order valence-corrected chi connectivity index (χ4v) is 5.26. The molecule has 1 aliphatic carbocycles. The molecule has 0 radical (unpaired) electrons. The summed E-state index contributed by atoms with van der Waals surface area (Å²) in [6.45, 7) is 0.430. The minimum Gasteiger partial charge on any atom is -0.464 e. The van der Waals surface area contributed by atoms with E-state index in [0.717, 1.165) is 48.5 Å². The fourth-order valence-electron chi connectivity index (χ4n) is 5.26. The van der Waals surface area contributed by atoms with Crippen LogP contribution in [-0.2, 0) is 24.0 Å². The van der Waals surface area contributed by atoms with Crippen LogP contribution in [0.2, 0.25) is 0 Å². The lowest BCUT2D eigenvalue weighted by Crippen LogP contribution is -2.55. The van der Waals surface area contributed by atoms with E-state index in [1.807, 2.05) is 0 Å². The number of amides is 3. The van der Waals surface area contributed by atoms with Crippen LogP contribution in [0.15, 0.2) is 18.5 Å². The molecule has 2 aliphatic heterocycles. The summed E-state index contributed by atoms with van der Waals surface area (Å²) in [4.78, 5) is 64.2. The first-order chi connectivity index (χ1) is 17.9. The standard InChI is InChI=1S/C24H34N6O7/c31-16-24(9-3-4-13-36-24)37-27-15-18(14-17-6-1-2-7-17)21(33)30-19(8-12-29(30)23(34)35)20(32)28-22-25-10-5-11-26-22/h5,10-11,16-19,27H,1-4,6-9,12-15H2,(H,34,35)(H,25,26,28,32)/t18-,19+,24?/m1/s1. The van der Waals surface area contributed by atoms with Crippen LogP contribution in [0.25, 0.3) is 0 Å². The molecular formula is C24H34N6O7. The molecule has 4 rings (SSSR count). The monoisotopic (exact) mass is 518 g/mol. The Kier molecular flexibility index (Phi) is 9.00. The van der Waals surface area contributed by atoms with Gasteiger partial charge in [0.25, 0.3) is 5.91 Å². The second-order valence-corrected chi connectivity index (χ2v) is 9.72. The Bertz CT molecular complexity index is 952. The van der Waals surface area contributed by atoms with Gasteiger partial charge in [0.2, 0.25) is 17.6 Å². The summed E-state index contributed by atoms with van der Waals surface area (Å²) < 4.78 is 5.55. The van der Waals surface area contributed by atoms with Crippen molar-refractivity contribution < 1.29 is 33.9 Å². The smallest absolute Gasteiger partial charge is 0.426 e. The van der Waals surface area contributed by atoms with E-state index in [0.29, 0.717) is 31.7 Å². The first-order valence-electron chi connectivity index (χ1n) is 12.8. The van der Waals surface area contributed by atoms with E-state index in [1.54, 1.807) is 6.07 Å². The van der Waals surface area contributed by atoms with Crippen LogP contribution >= 0.6 is 0 Å². The minimum absolute atomic E-state index is 0.00300. The molecule has 3 aliphatic rings. The van der Waals surface area contributed by atoms with Gasteiger partial charge in [-0.05, 0) is 37.7 Å². The number of hydroxylamine groups is 1. The molecule has 3 amide bonds. The highest BCUT2D eigenvalue weighted by molar-refractivity contribution is 5.97. The van der Waals surface area contributed by atoms with Crippen molar-refractivity contribution in [3.63, 3.8) is 0 Å². The number of anilines is 1. The molecule has 13 heteroatoms. The molecule has 3 N–H and O–H groups in total. The van der Waals surface area contributed by atoms with Crippen LogP contribution in [0.5, 0.6) is 0 Å². The Morgan fingerprint density at radius 3 is 2.59 bits per heavy atom. The zero-order valence-electron chi connectivity index (χ0n) is 20.7. The molecule has 0 spiro atoms. The molecular weight excluding hydrogens is 484 g/mol. The van der Waals surface area contributed by atoms with Gasteiger partial charge in [-0.15, -0.1) is 0 Å². The highest BCUT2D eigenvalue weighted by Gasteiger charge is 2.45. The van der Waals surface area contributed by atoms with Gasteiger partial charge >= 0.3 is 6.09 Å². The zero-order chi connectivity index (χ0) is 26.3. The second-order valence-electron chi connectivity index (χ2n) is 9.72. The number of carbonyl (C=O) groups excluding carboxylic acids is 3. The summed E-state index contributed by atoms with van der Waals surface area (Å²) in [6.07, 6.45) is 8.97. The van der Waals surface area contributed by atoms with Crippen LogP contribution in [0, 0.1) is 11.8 Å². The Morgan fingerprint density at radius 1 is 1.19 bits per heavy atom. The maximum absolute atomic E-state index is 13.9. The molecule has 202 valence electrons. The zero-order valence-corrected chi connectivity index (χ0v) is 20.7. The molecule has 3 atom stereocenters. The van der Waals surface area contributed by atoms with Crippen molar-refractivity contribution in [1.82, 2.24) is 25.5 Å². The van der Waals surface area contributed by atoms with E-state index >= 15 is 0 Å². The molecule has 3 heterocycles. The number of nitrogens with one attached hydrogen (secondary N) is 2. The van der Waals surface area contributed by atoms with Gasteiger partial charge in [-0.1, -0.05) is 25.7 Å². The molecule has 3 fully saturated rings. The number of hydrogen-bond donors (Lipinski definition) is 3. The molecule has 37 heavy (non-hydrogen) atoms. The van der Waals surface area contributed by atoms with E-state index in [-0.39, 0.29) is 25.5 Å². The van der Waals surface area contributed by atoms with Gasteiger partial charge in [-0.3, -0.25) is 24.5 Å². The van der Waals surface area contributed by atoms with Crippen molar-refractivity contribution >= 4 is 30.1 Å². The number of aldehydes is 1. The molecule has 1 unspecified atom stereocenters. The molecule has 2 saturated heterocycles. The number of nitrogens with zero attached hydrogens (tertiary/aromatic N) is 4. The van der Waals surface area contributed by atoms with E-state index in [1.165, 1.54) is 12.4 Å². The largest absolute Gasteiger partial charge is 0.464 e. The predicted molar refractivity (Wildman–Crippen MR) is 128 cm³/mol. The van der Waals surface area contributed by atoms with Crippen molar-refractivity contribution in [2.75, 3.05) is 25.0 Å². The van der Waals surface area contributed by atoms with E-state index in [4.69, 9.17) is 9.57 Å². The maximum atomic E-state index is 13.9. The quantitative estimate of drug-likeness (QED) is 0.307. The van der Waals surface area contributed by atoms with E-state index < -0.39 is 35.7 Å². The molecule has 1 aromatic heterocycles. The molecule has 0 aromatic carbocycles. The average Bonchev–Trinajstić information content (AvgIpc) is 3.59. The summed E-state index contributed by atoms with van der Waals surface area (Å²) in [5, 5.41) is 14.3. The summed E-state index contributed by atoms with van der Waals surface area (Å²) >= 11 is 0. The second kappa shape index (κ2) is 12.4. The Hall–Kier alpha value is -3.16. The van der Waals surface area contributed by atoms with Crippen LogP contribution in [0.1, 0.15) is 57.8 Å². The summed E-state index contributed by atoms with van der Waals surface area (Å²) in [5.41, 5.74) is 2.76. The van der Waals surface area contributed by atoms with Crippen molar-refractivity contribution in [1.29, 1.82) is 0 Å². The highest BCUT2D eigenvalue weighted by atomic mass is 16.8. The SMILES string of the molecule is O=CC1(ONC[C@@H](CC2CCCC2)C(=O)N2[C@H](C(=O)Nc3ncccn3)CCN2C(=O)O)CCCCO1. The van der Waals surface area contributed by atoms with Gasteiger partial charge in [0, 0.05) is 31.9 Å². The van der Waals surface area contributed by atoms with Crippen molar-refractivity contribution in [2.45, 2.75) is 69.6 Å². The van der Waals surface area contributed by atoms with Gasteiger partial charge in [-0.2, -0.15) is 5.48 Å². The number of hydrazine groups is 1. The minimum atomic E-state index is -1.40. The average molecular weight is 519 g/mol.